The van der Waals surface area contributed by atoms with Crippen molar-refractivity contribution >= 4 is 20.2 Å². The molecule has 5 atom stereocenters. The average Bonchev–Trinajstić information content (AvgIpc) is 3.51. The van der Waals surface area contributed by atoms with Gasteiger partial charge in [-0.15, -0.1) is 0 Å². The maximum absolute atomic E-state index is 14.5. The molecule has 0 spiro atoms. The number of hydrogen-bond acceptors (Lipinski definition) is 8. The van der Waals surface area contributed by atoms with Crippen molar-refractivity contribution < 1.29 is 32.6 Å². The Morgan fingerprint density at radius 2 is 1.58 bits per heavy atom. The molecule has 2 aliphatic heterocycles. The van der Waals surface area contributed by atoms with Gasteiger partial charge in [-0.05, 0) is 38.9 Å². The average molecular weight is 637 g/mol. The Morgan fingerprint density at radius 3 is 2.09 bits per heavy atom. The number of esters is 1. The van der Waals surface area contributed by atoms with Gasteiger partial charge in [-0.1, -0.05) is 81.4 Å². The highest BCUT2D eigenvalue weighted by Crippen LogP contribution is 2.45. The zero-order valence-electron chi connectivity index (χ0n) is 27.5. The predicted molar refractivity (Wildman–Crippen MR) is 172 cm³/mol. The van der Waals surface area contributed by atoms with Gasteiger partial charge in [-0.3, -0.25) is 9.36 Å². The van der Waals surface area contributed by atoms with Crippen molar-refractivity contribution in [2.75, 3.05) is 13.7 Å². The lowest BCUT2D eigenvalue weighted by Crippen LogP contribution is -2.73. The van der Waals surface area contributed by atoms with E-state index >= 15 is 0 Å². The van der Waals surface area contributed by atoms with Gasteiger partial charge < -0.3 is 28.0 Å². The number of oxazole rings is 1. The number of carbonyl (C=O) groups is 2. The molecule has 10 nitrogen and oxygen atoms in total. The fourth-order valence-electron chi connectivity index (χ4n) is 6.02. The summed E-state index contributed by atoms with van der Waals surface area (Å²) in [5.74, 6) is -2.31. The highest BCUT2D eigenvalue weighted by molar-refractivity contribution is 6.74. The van der Waals surface area contributed by atoms with Gasteiger partial charge in [0, 0.05) is 11.1 Å². The van der Waals surface area contributed by atoms with Gasteiger partial charge in [0.1, 0.15) is 12.1 Å². The monoisotopic (exact) mass is 636 g/mol. The zero-order valence-corrected chi connectivity index (χ0v) is 28.5. The summed E-state index contributed by atoms with van der Waals surface area (Å²) in [5, 5.41) is -0.141. The molecular formula is C34H44N2O8Si. The van der Waals surface area contributed by atoms with Crippen LogP contribution in [0.4, 0.5) is 0 Å². The quantitative estimate of drug-likeness (QED) is 0.169. The van der Waals surface area contributed by atoms with Crippen LogP contribution < -0.4 is 5.76 Å². The third-order valence-corrected chi connectivity index (χ3v) is 13.8. The molecule has 11 heteroatoms. The Balaban J connectivity index is 1.65. The summed E-state index contributed by atoms with van der Waals surface area (Å²) in [6.45, 7) is 16.0. The van der Waals surface area contributed by atoms with E-state index in [4.69, 9.17) is 23.1 Å². The summed E-state index contributed by atoms with van der Waals surface area (Å²) in [5.41, 5.74) is 1.86. The van der Waals surface area contributed by atoms with E-state index in [0.29, 0.717) is 22.6 Å². The van der Waals surface area contributed by atoms with E-state index in [-0.39, 0.29) is 11.6 Å². The Bertz CT molecular complexity index is 1590. The first kappa shape index (κ1) is 32.9. The van der Waals surface area contributed by atoms with E-state index in [9.17, 15) is 14.4 Å². The Labute approximate surface area is 265 Å². The van der Waals surface area contributed by atoms with Crippen LogP contribution in [0.1, 0.15) is 47.6 Å². The highest BCUT2D eigenvalue weighted by Gasteiger charge is 2.61. The lowest BCUT2D eigenvalue weighted by molar-refractivity contribution is -0.191. The van der Waals surface area contributed by atoms with Crippen LogP contribution in [0.2, 0.25) is 18.1 Å². The molecule has 1 amide bonds. The first-order valence-corrected chi connectivity index (χ1v) is 18.2. The van der Waals surface area contributed by atoms with Crippen molar-refractivity contribution in [3.8, 4) is 22.6 Å². The molecule has 2 fully saturated rings. The first-order valence-electron chi connectivity index (χ1n) is 15.3. The van der Waals surface area contributed by atoms with Crippen molar-refractivity contribution in [3.05, 3.63) is 71.2 Å². The third-order valence-electron chi connectivity index (χ3n) is 9.24. The van der Waals surface area contributed by atoms with Gasteiger partial charge in [0.25, 0.3) is 0 Å². The van der Waals surface area contributed by atoms with Gasteiger partial charge in [-0.2, -0.15) is 0 Å². The topological polar surface area (TPSA) is 109 Å². The van der Waals surface area contributed by atoms with Crippen LogP contribution in [0.3, 0.4) is 0 Å². The maximum Gasteiger partial charge on any atom is 0.420 e. The Hall–Kier alpha value is -3.51. The molecule has 3 aromatic rings. The number of ether oxygens (including phenoxy) is 3. The van der Waals surface area contributed by atoms with Gasteiger partial charge >= 0.3 is 11.7 Å². The number of benzene rings is 2. The van der Waals surface area contributed by atoms with Crippen LogP contribution in [0.5, 0.6) is 0 Å². The Kier molecular flexibility index (Phi) is 8.78. The molecule has 2 aliphatic rings. The molecule has 0 saturated carbocycles. The molecule has 0 bridgehead atoms. The minimum Gasteiger partial charge on any atom is -0.467 e. The molecule has 0 N–H and O–H groups in total. The molecule has 1 aromatic heterocycles. The third kappa shape index (κ3) is 6.06. The molecule has 242 valence electrons. The van der Waals surface area contributed by atoms with Crippen LogP contribution in [-0.2, 0) is 28.2 Å². The van der Waals surface area contributed by atoms with Crippen LogP contribution in [0.25, 0.3) is 22.6 Å². The highest BCUT2D eigenvalue weighted by atomic mass is 28.4. The summed E-state index contributed by atoms with van der Waals surface area (Å²) in [6, 6.07) is 15.8. The van der Waals surface area contributed by atoms with Crippen LogP contribution >= 0.6 is 0 Å². The van der Waals surface area contributed by atoms with E-state index in [1.165, 1.54) is 16.6 Å². The van der Waals surface area contributed by atoms with Crippen molar-refractivity contribution in [2.45, 2.75) is 95.8 Å². The normalized spacial score (nSPS) is 23.0. The summed E-state index contributed by atoms with van der Waals surface area (Å²) >= 11 is 0. The number of hydrogen-bond donors (Lipinski definition) is 0. The molecule has 2 saturated heterocycles. The lowest BCUT2D eigenvalue weighted by atomic mass is 9.86. The van der Waals surface area contributed by atoms with Crippen molar-refractivity contribution in [1.29, 1.82) is 0 Å². The summed E-state index contributed by atoms with van der Waals surface area (Å²) in [4.78, 5) is 43.3. The van der Waals surface area contributed by atoms with E-state index in [0.717, 1.165) is 0 Å². The SMILES string of the molecule is COC(=O)[C@@H]([C@H](C)O[Si](C)(C)C(C)(C)C)N1C(=O)[C@H](n2c(-c3ccccc3)c(-c3ccccc3)oc2=O)[C@@H]1[C@H]1COC(C)(C)O1. The molecule has 5 rings (SSSR count). The molecule has 0 unspecified atom stereocenters. The number of β-lactam (4-membered cyclic amide) rings is 1. The van der Waals surface area contributed by atoms with Crippen molar-refractivity contribution in [2.24, 2.45) is 0 Å². The second-order valence-electron chi connectivity index (χ2n) is 13.7. The molecule has 3 heterocycles. The van der Waals surface area contributed by atoms with E-state index in [2.05, 4.69) is 33.9 Å². The van der Waals surface area contributed by atoms with Crippen LogP contribution in [0.15, 0.2) is 69.9 Å². The largest absolute Gasteiger partial charge is 0.467 e. The number of nitrogens with zero attached hydrogens (tertiary/aromatic N) is 2. The summed E-state index contributed by atoms with van der Waals surface area (Å²) in [7, 11) is -1.08. The molecule has 45 heavy (non-hydrogen) atoms. The molecule has 2 aromatic carbocycles. The van der Waals surface area contributed by atoms with E-state index in [1.54, 1.807) is 20.8 Å². The van der Waals surface area contributed by atoms with Gasteiger partial charge in [0.15, 0.2) is 25.9 Å². The van der Waals surface area contributed by atoms with E-state index in [1.807, 2.05) is 60.7 Å². The number of methoxy groups -OCH3 is 1. The van der Waals surface area contributed by atoms with Gasteiger partial charge in [-0.25, -0.2) is 9.59 Å². The second kappa shape index (κ2) is 12.0. The number of rotatable bonds is 9. The lowest BCUT2D eigenvalue weighted by Gasteiger charge is -2.53. The second-order valence-corrected chi connectivity index (χ2v) is 18.5. The number of aromatic nitrogens is 1. The number of carbonyl (C=O) groups excluding carboxylic acids is 2. The fourth-order valence-corrected chi connectivity index (χ4v) is 7.43. The van der Waals surface area contributed by atoms with Crippen LogP contribution in [0, 0.1) is 0 Å². The standard InChI is InChI=1S/C34H44N2O8Si/c1-21(44-45(8,9)33(2,3)4)25(31(38)40-7)35-27(24-20-41-34(5,6)43-24)28(30(35)37)36-26(22-16-12-10-13-17-22)29(42-32(36)39)23-18-14-11-15-19-23/h10-19,21,24-25,27-28H,20H2,1-9H3/t21-,24+,25+,27-,28+/m0/s1. The van der Waals surface area contributed by atoms with Gasteiger partial charge in [0.05, 0.1) is 31.6 Å². The minimum atomic E-state index is -2.37. The number of likely N-dealkylation sites (tertiary alicyclic amines) is 1. The molecular weight excluding hydrogens is 592 g/mol. The molecule has 0 radical (unpaired) electrons. The molecule has 0 aliphatic carbocycles. The van der Waals surface area contributed by atoms with Crippen molar-refractivity contribution in [1.82, 2.24) is 9.47 Å². The smallest absolute Gasteiger partial charge is 0.420 e. The van der Waals surface area contributed by atoms with Gasteiger partial charge in [0.2, 0.25) is 5.91 Å². The predicted octanol–water partition coefficient (Wildman–Crippen LogP) is 5.63. The minimum absolute atomic E-state index is 0.141. The zero-order chi connectivity index (χ0) is 32.9. The van der Waals surface area contributed by atoms with E-state index < -0.39 is 62.1 Å². The first-order chi connectivity index (χ1) is 21.1. The fraction of sp³-hybridized carbons (Fsp3) is 0.500. The Morgan fingerprint density at radius 1 is 1.00 bits per heavy atom. The summed E-state index contributed by atoms with van der Waals surface area (Å²) in [6.07, 6.45) is -1.35. The summed E-state index contributed by atoms with van der Waals surface area (Å²) < 4.78 is 31.5. The number of amides is 1. The van der Waals surface area contributed by atoms with Crippen molar-refractivity contribution in [3.63, 3.8) is 0 Å². The maximum atomic E-state index is 14.5. The van der Waals surface area contributed by atoms with Crippen LogP contribution in [-0.4, -0.2) is 73.5 Å².